The van der Waals surface area contributed by atoms with Crippen molar-refractivity contribution < 1.29 is 19.5 Å². The molecule has 0 fully saturated rings. The van der Waals surface area contributed by atoms with Gasteiger partial charge in [0.1, 0.15) is 6.54 Å². The number of amides is 2. The first kappa shape index (κ1) is 17.0. The number of carbonyl (C=O) groups excluding carboxylic acids is 2. The zero-order valence-electron chi connectivity index (χ0n) is 11.9. The zero-order chi connectivity index (χ0) is 15.8. The molecule has 0 aliphatic heterocycles. The number of carboxylic acids is 1. The number of hydrogen-bond donors (Lipinski definition) is 3. The van der Waals surface area contributed by atoms with Crippen LogP contribution < -0.4 is 10.6 Å². The monoisotopic (exact) mass is 310 g/mol. The predicted octanol–water partition coefficient (Wildman–Crippen LogP) is 1.58. The maximum Gasteiger partial charge on any atom is 0.322 e. The van der Waals surface area contributed by atoms with Crippen LogP contribution >= 0.6 is 11.8 Å². The zero-order valence-corrected chi connectivity index (χ0v) is 12.7. The van der Waals surface area contributed by atoms with E-state index < -0.39 is 18.4 Å². The highest BCUT2D eigenvalue weighted by molar-refractivity contribution is 8.00. The SMILES string of the molecule is CC(C)SCC(=O)Nc1ccc(C(=O)NCC(=O)O)cc1. The lowest BCUT2D eigenvalue weighted by molar-refractivity contribution is -0.135. The highest BCUT2D eigenvalue weighted by Gasteiger charge is 2.08. The number of benzene rings is 1. The number of aliphatic carboxylic acids is 1. The lowest BCUT2D eigenvalue weighted by atomic mass is 10.2. The number of anilines is 1. The molecule has 2 amide bonds. The molecular weight excluding hydrogens is 292 g/mol. The van der Waals surface area contributed by atoms with Crippen LogP contribution in [0.4, 0.5) is 5.69 Å². The first-order chi connectivity index (χ1) is 9.88. The summed E-state index contributed by atoms with van der Waals surface area (Å²) in [6.45, 7) is 3.61. The van der Waals surface area contributed by atoms with Gasteiger partial charge in [-0.3, -0.25) is 14.4 Å². The fourth-order valence-electron chi connectivity index (χ4n) is 1.40. The molecule has 0 aliphatic rings. The summed E-state index contributed by atoms with van der Waals surface area (Å²) < 4.78 is 0. The van der Waals surface area contributed by atoms with Crippen molar-refractivity contribution in [3.05, 3.63) is 29.8 Å². The number of carboxylic acid groups (broad SMARTS) is 1. The minimum absolute atomic E-state index is 0.100. The highest BCUT2D eigenvalue weighted by atomic mass is 32.2. The number of rotatable bonds is 7. The van der Waals surface area contributed by atoms with Crippen molar-refractivity contribution in [3.8, 4) is 0 Å². The van der Waals surface area contributed by atoms with Gasteiger partial charge in [-0.25, -0.2) is 0 Å². The van der Waals surface area contributed by atoms with E-state index in [1.807, 2.05) is 13.8 Å². The second kappa shape index (κ2) is 8.31. The van der Waals surface area contributed by atoms with Crippen LogP contribution in [0.15, 0.2) is 24.3 Å². The average molecular weight is 310 g/mol. The molecule has 0 atom stereocenters. The summed E-state index contributed by atoms with van der Waals surface area (Å²) >= 11 is 1.54. The van der Waals surface area contributed by atoms with Crippen LogP contribution in [0.3, 0.4) is 0 Å². The Morgan fingerprint density at radius 1 is 1.19 bits per heavy atom. The predicted molar refractivity (Wildman–Crippen MR) is 82.6 cm³/mol. The van der Waals surface area contributed by atoms with Crippen LogP contribution in [0.2, 0.25) is 0 Å². The van der Waals surface area contributed by atoms with Gasteiger partial charge in [0.15, 0.2) is 0 Å². The van der Waals surface area contributed by atoms with E-state index in [0.29, 0.717) is 22.3 Å². The molecule has 0 bridgehead atoms. The van der Waals surface area contributed by atoms with Crippen LogP contribution in [0.5, 0.6) is 0 Å². The maximum atomic E-state index is 11.6. The summed E-state index contributed by atoms with van der Waals surface area (Å²) in [4.78, 5) is 33.6. The Balaban J connectivity index is 2.51. The van der Waals surface area contributed by atoms with Gasteiger partial charge in [0.2, 0.25) is 5.91 Å². The second-order valence-corrected chi connectivity index (χ2v) is 6.13. The van der Waals surface area contributed by atoms with Gasteiger partial charge in [0, 0.05) is 11.3 Å². The van der Waals surface area contributed by atoms with E-state index >= 15 is 0 Å². The standard InChI is InChI=1S/C14H18N2O4S/c1-9(2)21-8-12(17)16-11-5-3-10(4-6-11)14(20)15-7-13(18)19/h3-6,9H,7-8H2,1-2H3,(H,15,20)(H,16,17)(H,18,19). The normalized spacial score (nSPS) is 10.2. The van der Waals surface area contributed by atoms with Crippen molar-refractivity contribution in [1.82, 2.24) is 5.32 Å². The fraction of sp³-hybridized carbons (Fsp3) is 0.357. The first-order valence-electron chi connectivity index (χ1n) is 6.40. The molecule has 1 rings (SSSR count). The van der Waals surface area contributed by atoms with E-state index in [4.69, 9.17) is 5.11 Å². The molecule has 3 N–H and O–H groups in total. The third kappa shape index (κ3) is 6.80. The highest BCUT2D eigenvalue weighted by Crippen LogP contribution is 2.12. The molecule has 0 unspecified atom stereocenters. The first-order valence-corrected chi connectivity index (χ1v) is 7.45. The molecule has 0 radical (unpaired) electrons. The smallest absolute Gasteiger partial charge is 0.322 e. The van der Waals surface area contributed by atoms with Crippen LogP contribution in [0, 0.1) is 0 Å². The maximum absolute atomic E-state index is 11.6. The largest absolute Gasteiger partial charge is 0.480 e. The minimum atomic E-state index is -1.10. The molecule has 21 heavy (non-hydrogen) atoms. The van der Waals surface area contributed by atoms with Gasteiger partial charge in [-0.1, -0.05) is 13.8 Å². The Morgan fingerprint density at radius 3 is 2.33 bits per heavy atom. The topological polar surface area (TPSA) is 95.5 Å². The van der Waals surface area contributed by atoms with Gasteiger partial charge in [0.25, 0.3) is 5.91 Å². The van der Waals surface area contributed by atoms with Crippen LogP contribution in [-0.2, 0) is 9.59 Å². The van der Waals surface area contributed by atoms with Gasteiger partial charge in [-0.05, 0) is 29.5 Å². The van der Waals surface area contributed by atoms with Crippen molar-refractivity contribution in [2.75, 3.05) is 17.6 Å². The van der Waals surface area contributed by atoms with Gasteiger partial charge in [-0.2, -0.15) is 0 Å². The third-order valence-corrected chi connectivity index (χ3v) is 3.47. The molecule has 0 heterocycles. The van der Waals surface area contributed by atoms with Crippen LogP contribution in [0.25, 0.3) is 0 Å². The average Bonchev–Trinajstić information content (AvgIpc) is 2.43. The second-order valence-electron chi connectivity index (χ2n) is 4.56. The van der Waals surface area contributed by atoms with Crippen molar-refractivity contribution in [3.63, 3.8) is 0 Å². The van der Waals surface area contributed by atoms with E-state index in [0.717, 1.165) is 0 Å². The number of carbonyl (C=O) groups is 3. The Labute approximate surface area is 127 Å². The number of hydrogen-bond acceptors (Lipinski definition) is 4. The molecule has 0 spiro atoms. The van der Waals surface area contributed by atoms with Crippen molar-refractivity contribution in [2.24, 2.45) is 0 Å². The molecule has 0 saturated carbocycles. The Hall–Kier alpha value is -2.02. The van der Waals surface area contributed by atoms with Gasteiger partial charge in [0.05, 0.1) is 5.75 Å². The molecule has 0 aliphatic carbocycles. The minimum Gasteiger partial charge on any atom is -0.480 e. The summed E-state index contributed by atoms with van der Waals surface area (Å²) in [6.07, 6.45) is 0. The van der Waals surface area contributed by atoms with Crippen molar-refractivity contribution in [2.45, 2.75) is 19.1 Å². The lowest BCUT2D eigenvalue weighted by Crippen LogP contribution is -2.29. The fourth-order valence-corrected chi connectivity index (χ4v) is 1.96. The summed E-state index contributed by atoms with van der Waals surface area (Å²) in [5.74, 6) is -1.30. The molecular formula is C14H18N2O4S. The number of nitrogens with one attached hydrogen (secondary N) is 2. The summed E-state index contributed by atoms with van der Waals surface area (Å²) in [6, 6.07) is 6.27. The van der Waals surface area contributed by atoms with Gasteiger partial charge < -0.3 is 15.7 Å². The van der Waals surface area contributed by atoms with E-state index in [9.17, 15) is 14.4 Å². The molecule has 0 saturated heterocycles. The van der Waals surface area contributed by atoms with Crippen molar-refractivity contribution in [1.29, 1.82) is 0 Å². The van der Waals surface area contributed by atoms with E-state index in [-0.39, 0.29) is 5.91 Å². The molecule has 7 heteroatoms. The number of thioether (sulfide) groups is 1. The summed E-state index contributed by atoms with van der Waals surface area (Å²) in [7, 11) is 0. The van der Waals surface area contributed by atoms with Gasteiger partial charge in [-0.15, -0.1) is 11.8 Å². The van der Waals surface area contributed by atoms with Crippen LogP contribution in [-0.4, -0.2) is 40.4 Å². The summed E-state index contributed by atoms with van der Waals surface area (Å²) in [5, 5.41) is 13.9. The quantitative estimate of drug-likeness (QED) is 0.710. The molecule has 1 aromatic rings. The molecule has 6 nitrogen and oxygen atoms in total. The summed E-state index contributed by atoms with van der Waals surface area (Å²) in [5.41, 5.74) is 0.935. The van der Waals surface area contributed by atoms with Crippen LogP contribution in [0.1, 0.15) is 24.2 Å². The Kier molecular flexibility index (Phi) is 6.74. The molecule has 0 aromatic heterocycles. The third-order valence-electron chi connectivity index (χ3n) is 2.38. The van der Waals surface area contributed by atoms with E-state index in [1.54, 1.807) is 23.9 Å². The molecule has 1 aromatic carbocycles. The molecule has 114 valence electrons. The Morgan fingerprint density at radius 2 is 1.81 bits per heavy atom. The van der Waals surface area contributed by atoms with Crippen molar-refractivity contribution >= 4 is 35.2 Å². The van der Waals surface area contributed by atoms with E-state index in [2.05, 4.69) is 10.6 Å². The van der Waals surface area contributed by atoms with E-state index in [1.165, 1.54) is 12.1 Å². The van der Waals surface area contributed by atoms with Gasteiger partial charge >= 0.3 is 5.97 Å². The Bertz CT molecular complexity index is 514. The lowest BCUT2D eigenvalue weighted by Gasteiger charge is -2.08.